The third-order valence-electron chi connectivity index (χ3n) is 6.58. The number of anilines is 1. The quantitative estimate of drug-likeness (QED) is 0.446. The average Bonchev–Trinajstić information content (AvgIpc) is 3.21. The second kappa shape index (κ2) is 11.0. The summed E-state index contributed by atoms with van der Waals surface area (Å²) in [6.45, 7) is 5.70. The summed E-state index contributed by atoms with van der Waals surface area (Å²) in [5.41, 5.74) is 3.04. The van der Waals surface area contributed by atoms with E-state index in [0.717, 1.165) is 41.8 Å². The molecular weight excluding hydrogens is 458 g/mol. The van der Waals surface area contributed by atoms with Gasteiger partial charge in [0, 0.05) is 11.7 Å². The molecule has 0 unspecified atom stereocenters. The molecule has 0 bridgehead atoms. The summed E-state index contributed by atoms with van der Waals surface area (Å²) >= 11 is 1.36. The highest BCUT2D eigenvalue weighted by molar-refractivity contribution is 7.13. The number of nitrogens with one attached hydrogen (secondary N) is 1. The minimum atomic E-state index is -0.835. The van der Waals surface area contributed by atoms with E-state index in [1.54, 1.807) is 12.0 Å². The predicted octanol–water partition coefficient (Wildman–Crippen LogP) is 5.91. The van der Waals surface area contributed by atoms with Crippen molar-refractivity contribution in [2.75, 3.05) is 12.0 Å². The number of methoxy groups -OCH3 is 1. The van der Waals surface area contributed by atoms with Crippen molar-refractivity contribution in [2.45, 2.75) is 65.0 Å². The fourth-order valence-corrected chi connectivity index (χ4v) is 5.63. The lowest BCUT2D eigenvalue weighted by atomic mass is 9.94. The van der Waals surface area contributed by atoms with Gasteiger partial charge in [0.2, 0.25) is 5.91 Å². The Balaban J connectivity index is 1.83. The number of amides is 2. The molecule has 1 aromatic heterocycles. The number of para-hydroxylation sites is 1. The number of thiazole rings is 1. The molecule has 2 aromatic carbocycles. The van der Waals surface area contributed by atoms with Crippen LogP contribution in [0.25, 0.3) is 0 Å². The second-order valence-electron chi connectivity index (χ2n) is 9.13. The van der Waals surface area contributed by atoms with Gasteiger partial charge < -0.3 is 10.1 Å². The van der Waals surface area contributed by atoms with Crippen LogP contribution in [-0.4, -0.2) is 29.9 Å². The van der Waals surface area contributed by atoms with E-state index < -0.39 is 6.04 Å². The number of nitrogens with zero attached hydrogens (tertiary/aromatic N) is 2. The zero-order chi connectivity index (χ0) is 24.9. The van der Waals surface area contributed by atoms with Gasteiger partial charge in [-0.1, -0.05) is 49.6 Å². The summed E-state index contributed by atoms with van der Waals surface area (Å²) in [5.74, 6) is 0.308. The van der Waals surface area contributed by atoms with Crippen LogP contribution in [0.15, 0.2) is 48.5 Å². The van der Waals surface area contributed by atoms with E-state index in [9.17, 15) is 9.59 Å². The van der Waals surface area contributed by atoms with Crippen LogP contribution < -0.4 is 15.0 Å². The zero-order valence-corrected chi connectivity index (χ0v) is 21.7. The molecular formula is C28H33N3O3S. The fourth-order valence-electron chi connectivity index (χ4n) is 4.77. The minimum absolute atomic E-state index is 0.123. The van der Waals surface area contributed by atoms with Crippen LogP contribution in [0.2, 0.25) is 0 Å². The van der Waals surface area contributed by atoms with Crippen molar-refractivity contribution in [3.63, 3.8) is 0 Å². The highest BCUT2D eigenvalue weighted by Gasteiger charge is 2.36. The van der Waals surface area contributed by atoms with Crippen molar-refractivity contribution in [3.8, 4) is 5.75 Å². The number of rotatable bonds is 7. The smallest absolute Gasteiger partial charge is 0.271 e. The maximum absolute atomic E-state index is 14.2. The number of ether oxygens (including phenoxy) is 1. The first-order chi connectivity index (χ1) is 16.9. The molecule has 1 aliphatic carbocycles. The van der Waals surface area contributed by atoms with Crippen LogP contribution >= 0.6 is 11.3 Å². The molecule has 0 spiro atoms. The lowest BCUT2D eigenvalue weighted by Crippen LogP contribution is -2.47. The van der Waals surface area contributed by atoms with Crippen LogP contribution in [0, 0.1) is 20.8 Å². The third kappa shape index (κ3) is 5.56. The summed E-state index contributed by atoms with van der Waals surface area (Å²) in [7, 11) is 1.61. The van der Waals surface area contributed by atoms with Gasteiger partial charge >= 0.3 is 0 Å². The van der Waals surface area contributed by atoms with Crippen LogP contribution in [0.1, 0.15) is 69.6 Å². The maximum atomic E-state index is 14.2. The molecule has 6 nitrogen and oxygen atoms in total. The Morgan fingerprint density at radius 1 is 1.03 bits per heavy atom. The summed E-state index contributed by atoms with van der Waals surface area (Å²) in [4.78, 5) is 34.8. The zero-order valence-electron chi connectivity index (χ0n) is 20.8. The Kier molecular flexibility index (Phi) is 7.86. The van der Waals surface area contributed by atoms with Crippen LogP contribution in [0.5, 0.6) is 5.75 Å². The predicted molar refractivity (Wildman–Crippen MR) is 140 cm³/mol. The molecule has 4 rings (SSSR count). The van der Waals surface area contributed by atoms with Gasteiger partial charge in [0.1, 0.15) is 16.7 Å². The van der Waals surface area contributed by atoms with E-state index in [1.165, 1.54) is 17.8 Å². The standard InChI is InChI=1S/C28H33N3O3S/c1-18-10-8-9-13-24(18)31(28(33)26-19(2)29-20(3)35-26)25(21-14-16-23(34-4)17-15-21)27(32)30-22-11-6-5-7-12-22/h8-10,13-17,22,25H,5-7,11-12H2,1-4H3,(H,30,32)/t25-/m1/s1. The van der Waals surface area contributed by atoms with E-state index in [2.05, 4.69) is 10.3 Å². The van der Waals surface area contributed by atoms with E-state index in [0.29, 0.717) is 22.0 Å². The van der Waals surface area contributed by atoms with Crippen LogP contribution in [-0.2, 0) is 4.79 Å². The summed E-state index contributed by atoms with van der Waals surface area (Å²) in [5, 5.41) is 4.09. The van der Waals surface area contributed by atoms with Gasteiger partial charge in [0.05, 0.1) is 17.8 Å². The van der Waals surface area contributed by atoms with Crippen molar-refractivity contribution in [1.82, 2.24) is 10.3 Å². The summed E-state index contributed by atoms with van der Waals surface area (Å²) in [6.07, 6.45) is 5.35. The minimum Gasteiger partial charge on any atom is -0.497 e. The number of hydrogen-bond donors (Lipinski definition) is 1. The molecule has 3 aromatic rings. The first-order valence-electron chi connectivity index (χ1n) is 12.2. The molecule has 1 atom stereocenters. The van der Waals surface area contributed by atoms with Gasteiger partial charge in [-0.2, -0.15) is 0 Å². The molecule has 0 aliphatic heterocycles. The summed E-state index contributed by atoms with van der Waals surface area (Å²) < 4.78 is 5.34. The molecule has 1 saturated carbocycles. The van der Waals surface area contributed by atoms with Crippen LogP contribution in [0.4, 0.5) is 5.69 Å². The van der Waals surface area contributed by atoms with Crippen LogP contribution in [0.3, 0.4) is 0 Å². The maximum Gasteiger partial charge on any atom is 0.271 e. The lowest BCUT2D eigenvalue weighted by Gasteiger charge is -2.34. The van der Waals surface area contributed by atoms with Crippen molar-refractivity contribution in [1.29, 1.82) is 0 Å². The highest BCUT2D eigenvalue weighted by Crippen LogP contribution is 2.35. The molecule has 1 N–H and O–H groups in total. The SMILES string of the molecule is COc1ccc([C@H](C(=O)NC2CCCCC2)N(C(=O)c2sc(C)nc2C)c2ccccc2C)cc1. The number of hydrogen-bond acceptors (Lipinski definition) is 5. The monoisotopic (exact) mass is 491 g/mol. The van der Waals surface area contributed by atoms with E-state index >= 15 is 0 Å². The number of aryl methyl sites for hydroxylation is 3. The van der Waals surface area contributed by atoms with E-state index in [-0.39, 0.29) is 17.9 Å². The van der Waals surface area contributed by atoms with Gasteiger partial charge in [0.15, 0.2) is 0 Å². The van der Waals surface area contributed by atoms with Crippen molar-refractivity contribution in [2.24, 2.45) is 0 Å². The fraction of sp³-hybridized carbons (Fsp3) is 0.393. The summed E-state index contributed by atoms with van der Waals surface area (Å²) in [6, 6.07) is 14.4. The van der Waals surface area contributed by atoms with Gasteiger partial charge in [-0.05, 0) is 62.9 Å². The first-order valence-corrected chi connectivity index (χ1v) is 13.0. The Labute approximate surface area is 211 Å². The molecule has 0 saturated heterocycles. The third-order valence-corrected chi connectivity index (χ3v) is 7.64. The molecule has 0 radical (unpaired) electrons. The van der Waals surface area contributed by atoms with Gasteiger partial charge in [-0.25, -0.2) is 4.98 Å². The topological polar surface area (TPSA) is 71.5 Å². The molecule has 1 heterocycles. The lowest BCUT2D eigenvalue weighted by molar-refractivity contribution is -0.123. The first kappa shape index (κ1) is 24.9. The molecule has 1 aliphatic rings. The van der Waals surface area contributed by atoms with E-state index in [4.69, 9.17) is 4.74 Å². The number of carbonyl (C=O) groups excluding carboxylic acids is 2. The Hall–Kier alpha value is -3.19. The molecule has 1 fully saturated rings. The van der Waals surface area contributed by atoms with Crippen molar-refractivity contribution in [3.05, 3.63) is 75.2 Å². The van der Waals surface area contributed by atoms with Gasteiger partial charge in [-0.15, -0.1) is 11.3 Å². The number of aromatic nitrogens is 1. The Morgan fingerprint density at radius 3 is 2.31 bits per heavy atom. The second-order valence-corrected chi connectivity index (χ2v) is 10.3. The van der Waals surface area contributed by atoms with Crippen molar-refractivity contribution >= 4 is 28.8 Å². The molecule has 2 amide bonds. The van der Waals surface area contributed by atoms with E-state index in [1.807, 2.05) is 69.3 Å². The number of carbonyl (C=O) groups is 2. The highest BCUT2D eigenvalue weighted by atomic mass is 32.1. The Bertz CT molecular complexity index is 1180. The van der Waals surface area contributed by atoms with Gasteiger partial charge in [-0.3, -0.25) is 14.5 Å². The molecule has 7 heteroatoms. The number of benzene rings is 2. The van der Waals surface area contributed by atoms with Crippen molar-refractivity contribution < 1.29 is 14.3 Å². The normalized spacial score (nSPS) is 14.9. The molecule has 35 heavy (non-hydrogen) atoms. The Morgan fingerprint density at radius 2 is 1.71 bits per heavy atom. The average molecular weight is 492 g/mol. The van der Waals surface area contributed by atoms with Gasteiger partial charge in [0.25, 0.3) is 5.91 Å². The largest absolute Gasteiger partial charge is 0.497 e. The molecule has 184 valence electrons.